The second-order valence-electron chi connectivity index (χ2n) is 5.70. The van der Waals surface area contributed by atoms with Crippen LogP contribution in [0, 0.1) is 6.92 Å². The standard InChI is InChI=1S/C18H21NO7/c1-10-12(9-15(20)19-6-4-5-16(21)22)18(23)26-14-8-11(24-2)7-13(25-3)17(10)14/h7-8H,4-6,9H2,1-3H3,(H,19,20)(H,21,22)/p-1. The molecule has 0 bridgehead atoms. The number of ether oxygens (including phenoxy) is 2. The number of amides is 1. The lowest BCUT2D eigenvalue weighted by atomic mass is 10.0. The maximum absolute atomic E-state index is 12.3. The number of hydrogen-bond acceptors (Lipinski definition) is 7. The number of carbonyl (C=O) groups is 2. The van der Waals surface area contributed by atoms with Gasteiger partial charge in [0.15, 0.2) is 0 Å². The van der Waals surface area contributed by atoms with Crippen molar-refractivity contribution in [1.82, 2.24) is 5.32 Å². The van der Waals surface area contributed by atoms with E-state index in [0.29, 0.717) is 28.0 Å². The molecule has 0 saturated heterocycles. The molecule has 0 spiro atoms. The normalized spacial score (nSPS) is 10.6. The van der Waals surface area contributed by atoms with Gasteiger partial charge in [-0.3, -0.25) is 4.79 Å². The molecule has 1 N–H and O–H groups in total. The van der Waals surface area contributed by atoms with E-state index in [1.165, 1.54) is 14.2 Å². The van der Waals surface area contributed by atoms with Crippen LogP contribution < -0.4 is 25.5 Å². The Morgan fingerprint density at radius 2 is 1.96 bits per heavy atom. The van der Waals surface area contributed by atoms with Crippen molar-refractivity contribution < 1.29 is 28.6 Å². The smallest absolute Gasteiger partial charge is 0.340 e. The molecule has 0 radical (unpaired) electrons. The molecule has 0 atom stereocenters. The van der Waals surface area contributed by atoms with Crippen LogP contribution in [0.5, 0.6) is 11.5 Å². The highest BCUT2D eigenvalue weighted by atomic mass is 16.5. The number of carbonyl (C=O) groups excluding carboxylic acids is 2. The zero-order chi connectivity index (χ0) is 19.3. The first-order valence-electron chi connectivity index (χ1n) is 8.02. The number of aliphatic carboxylic acids is 1. The lowest BCUT2D eigenvalue weighted by molar-refractivity contribution is -0.305. The molecule has 2 aromatic rings. The van der Waals surface area contributed by atoms with Crippen molar-refractivity contribution in [2.75, 3.05) is 20.8 Å². The van der Waals surface area contributed by atoms with Gasteiger partial charge in [-0.15, -0.1) is 0 Å². The minimum absolute atomic E-state index is 0.142. The molecule has 0 aliphatic rings. The number of hydrogen-bond donors (Lipinski definition) is 1. The van der Waals surface area contributed by atoms with Gasteiger partial charge in [-0.2, -0.15) is 0 Å². The first-order valence-corrected chi connectivity index (χ1v) is 8.02. The Morgan fingerprint density at radius 1 is 1.23 bits per heavy atom. The summed E-state index contributed by atoms with van der Waals surface area (Å²) in [5.74, 6) is -0.620. The first-order chi connectivity index (χ1) is 12.4. The lowest BCUT2D eigenvalue weighted by Crippen LogP contribution is -2.30. The highest BCUT2D eigenvalue weighted by Crippen LogP contribution is 2.33. The van der Waals surface area contributed by atoms with Crippen molar-refractivity contribution in [1.29, 1.82) is 0 Å². The van der Waals surface area contributed by atoms with Crippen molar-refractivity contribution in [3.63, 3.8) is 0 Å². The Bertz CT molecular complexity index is 885. The van der Waals surface area contributed by atoms with E-state index in [9.17, 15) is 19.5 Å². The first kappa shape index (κ1) is 19.3. The minimum atomic E-state index is -1.17. The number of aryl methyl sites for hydroxylation is 1. The summed E-state index contributed by atoms with van der Waals surface area (Å²) in [5.41, 5.74) is 0.496. The molecule has 1 aromatic carbocycles. The van der Waals surface area contributed by atoms with Crippen molar-refractivity contribution >= 4 is 22.8 Å². The number of benzene rings is 1. The molecule has 8 heteroatoms. The van der Waals surface area contributed by atoms with Gasteiger partial charge in [0.2, 0.25) is 5.91 Å². The Labute approximate surface area is 149 Å². The van der Waals surface area contributed by atoms with Crippen LogP contribution in [0.2, 0.25) is 0 Å². The van der Waals surface area contributed by atoms with Gasteiger partial charge in [0.05, 0.1) is 31.6 Å². The molecule has 0 unspecified atom stereocenters. The summed E-state index contributed by atoms with van der Waals surface area (Å²) in [5, 5.41) is 13.5. The molecule has 140 valence electrons. The zero-order valence-corrected chi connectivity index (χ0v) is 14.8. The number of rotatable bonds is 8. The maximum Gasteiger partial charge on any atom is 0.340 e. The SMILES string of the molecule is COc1cc(OC)c2c(C)c(CC(=O)NCCCC(=O)[O-])c(=O)oc2c1. The van der Waals surface area contributed by atoms with Crippen molar-refractivity contribution in [2.24, 2.45) is 0 Å². The van der Waals surface area contributed by atoms with E-state index in [2.05, 4.69) is 5.32 Å². The molecule has 0 fully saturated rings. The summed E-state index contributed by atoms with van der Waals surface area (Å²) in [7, 11) is 2.98. The van der Waals surface area contributed by atoms with Crippen LogP contribution in [0.15, 0.2) is 21.3 Å². The van der Waals surface area contributed by atoms with Gasteiger partial charge in [-0.05, 0) is 25.3 Å². The van der Waals surface area contributed by atoms with E-state index in [4.69, 9.17) is 13.9 Å². The summed E-state index contributed by atoms with van der Waals surface area (Å²) in [6.45, 7) is 1.90. The molecule has 1 aromatic heterocycles. The quantitative estimate of drug-likeness (QED) is 0.530. The van der Waals surface area contributed by atoms with Crippen LogP contribution in [0.25, 0.3) is 11.0 Å². The third kappa shape index (κ3) is 4.33. The Morgan fingerprint density at radius 3 is 2.58 bits per heavy atom. The minimum Gasteiger partial charge on any atom is -0.550 e. The van der Waals surface area contributed by atoms with E-state index >= 15 is 0 Å². The van der Waals surface area contributed by atoms with Gasteiger partial charge >= 0.3 is 5.63 Å². The van der Waals surface area contributed by atoms with Gasteiger partial charge in [-0.1, -0.05) is 0 Å². The predicted octanol–water partition coefficient (Wildman–Crippen LogP) is 0.307. The largest absolute Gasteiger partial charge is 0.550 e. The second kappa shape index (κ2) is 8.37. The van der Waals surface area contributed by atoms with Gasteiger partial charge in [0.1, 0.15) is 17.1 Å². The van der Waals surface area contributed by atoms with Gasteiger partial charge in [0, 0.05) is 24.6 Å². The van der Waals surface area contributed by atoms with E-state index in [0.717, 1.165) is 0 Å². The molecule has 1 heterocycles. The fourth-order valence-corrected chi connectivity index (χ4v) is 2.65. The summed E-state index contributed by atoms with van der Waals surface area (Å²) in [6.07, 6.45) is -0.0614. The molecule has 8 nitrogen and oxygen atoms in total. The summed E-state index contributed by atoms with van der Waals surface area (Å²) < 4.78 is 15.8. The van der Waals surface area contributed by atoms with Crippen LogP contribution in [-0.4, -0.2) is 32.6 Å². The zero-order valence-electron chi connectivity index (χ0n) is 14.8. The van der Waals surface area contributed by atoms with Crippen LogP contribution in [0.1, 0.15) is 24.0 Å². The molecule has 2 rings (SSSR count). The van der Waals surface area contributed by atoms with E-state index in [-0.39, 0.29) is 31.4 Å². The van der Waals surface area contributed by atoms with Crippen molar-refractivity contribution in [3.8, 4) is 11.5 Å². The van der Waals surface area contributed by atoms with E-state index in [1.54, 1.807) is 19.1 Å². The Hall–Kier alpha value is -3.03. The molecule has 0 aliphatic heterocycles. The predicted molar refractivity (Wildman–Crippen MR) is 91.3 cm³/mol. The summed E-state index contributed by atoms with van der Waals surface area (Å²) in [4.78, 5) is 34.7. The van der Waals surface area contributed by atoms with Gasteiger partial charge < -0.3 is 29.1 Å². The molecule has 1 amide bonds. The number of nitrogens with one attached hydrogen (secondary N) is 1. The molecule has 0 saturated carbocycles. The fourth-order valence-electron chi connectivity index (χ4n) is 2.65. The van der Waals surface area contributed by atoms with Crippen molar-refractivity contribution in [3.05, 3.63) is 33.7 Å². The highest BCUT2D eigenvalue weighted by molar-refractivity contribution is 5.90. The Kier molecular flexibility index (Phi) is 6.21. The van der Waals surface area contributed by atoms with E-state index < -0.39 is 17.5 Å². The fraction of sp³-hybridized carbons (Fsp3) is 0.389. The number of methoxy groups -OCH3 is 2. The van der Waals surface area contributed by atoms with Crippen LogP contribution in [0.3, 0.4) is 0 Å². The average molecular weight is 362 g/mol. The Balaban J connectivity index is 2.29. The number of carboxylic acids is 1. The van der Waals surface area contributed by atoms with Crippen molar-refractivity contribution in [2.45, 2.75) is 26.2 Å². The average Bonchev–Trinajstić information content (AvgIpc) is 2.60. The molecular weight excluding hydrogens is 342 g/mol. The van der Waals surface area contributed by atoms with Gasteiger partial charge in [-0.25, -0.2) is 4.79 Å². The van der Waals surface area contributed by atoms with E-state index in [1.807, 2.05) is 0 Å². The maximum atomic E-state index is 12.3. The second-order valence-corrected chi connectivity index (χ2v) is 5.70. The van der Waals surface area contributed by atoms with Gasteiger partial charge in [0.25, 0.3) is 0 Å². The topological polar surface area (TPSA) is 118 Å². The highest BCUT2D eigenvalue weighted by Gasteiger charge is 2.18. The molecule has 26 heavy (non-hydrogen) atoms. The summed E-state index contributed by atoms with van der Waals surface area (Å²) >= 11 is 0. The monoisotopic (exact) mass is 362 g/mol. The third-order valence-corrected chi connectivity index (χ3v) is 3.99. The van der Waals surface area contributed by atoms with Crippen LogP contribution >= 0.6 is 0 Å². The third-order valence-electron chi connectivity index (χ3n) is 3.99. The number of carboxylic acid groups (broad SMARTS) is 1. The van der Waals surface area contributed by atoms with Crippen LogP contribution in [-0.2, 0) is 16.0 Å². The number of fused-ring (bicyclic) bond motifs is 1. The lowest BCUT2D eigenvalue weighted by Gasteiger charge is -2.12. The van der Waals surface area contributed by atoms with Crippen LogP contribution in [0.4, 0.5) is 0 Å². The molecular formula is C18H20NO7-. The molecule has 0 aliphatic carbocycles. The summed E-state index contributed by atoms with van der Waals surface area (Å²) in [6, 6.07) is 3.25.